The fourth-order valence-corrected chi connectivity index (χ4v) is 3.83. The first kappa shape index (κ1) is 18.6. The molecule has 0 aliphatic carbocycles. The second-order valence-electron chi connectivity index (χ2n) is 5.89. The molecular weight excluding hydrogens is 370 g/mol. The van der Waals surface area contributed by atoms with E-state index in [-0.39, 0.29) is 4.90 Å². The molecule has 2 aromatic carbocycles. The Labute approximate surface area is 155 Å². The maximum atomic E-state index is 12.6. The zero-order valence-electron chi connectivity index (χ0n) is 14.3. The molecule has 0 bridgehead atoms. The van der Waals surface area contributed by atoms with E-state index in [1.54, 1.807) is 37.8 Å². The number of aromatic hydroxyl groups is 1. The van der Waals surface area contributed by atoms with Crippen LogP contribution in [0.1, 0.15) is 28.9 Å². The summed E-state index contributed by atoms with van der Waals surface area (Å²) in [6.07, 6.45) is 5.12. The molecule has 0 amide bonds. The summed E-state index contributed by atoms with van der Waals surface area (Å²) >= 11 is 0. The zero-order valence-corrected chi connectivity index (χ0v) is 15.1. The van der Waals surface area contributed by atoms with E-state index in [0.29, 0.717) is 0 Å². The van der Waals surface area contributed by atoms with Gasteiger partial charge in [0.2, 0.25) is 10.0 Å². The average Bonchev–Trinajstić information content (AvgIpc) is 3.16. The predicted octanol–water partition coefficient (Wildman–Crippen LogP) is 2.32. The van der Waals surface area contributed by atoms with Crippen molar-refractivity contribution in [2.24, 2.45) is 0 Å². The van der Waals surface area contributed by atoms with Gasteiger partial charge in [-0.15, -0.1) is 0 Å². The van der Waals surface area contributed by atoms with Crippen LogP contribution >= 0.6 is 0 Å². The number of benzene rings is 2. The molecular formula is C18H17N3O5S. The van der Waals surface area contributed by atoms with Crippen LogP contribution in [0.2, 0.25) is 0 Å². The number of rotatable bonds is 6. The number of carboxylic acid groups (broad SMARTS) is 1. The summed E-state index contributed by atoms with van der Waals surface area (Å²) < 4.78 is 29.4. The molecule has 1 heterocycles. The van der Waals surface area contributed by atoms with Crippen LogP contribution in [0, 0.1) is 0 Å². The van der Waals surface area contributed by atoms with E-state index in [9.17, 15) is 18.3 Å². The molecule has 0 saturated heterocycles. The highest BCUT2D eigenvalue weighted by Gasteiger charge is 2.21. The van der Waals surface area contributed by atoms with E-state index in [1.165, 1.54) is 0 Å². The lowest BCUT2D eigenvalue weighted by molar-refractivity contribution is 0.0693. The summed E-state index contributed by atoms with van der Waals surface area (Å²) in [5.74, 6) is -1.91. The van der Waals surface area contributed by atoms with E-state index in [2.05, 4.69) is 9.71 Å². The van der Waals surface area contributed by atoms with Crippen molar-refractivity contribution in [2.75, 3.05) is 0 Å². The molecule has 27 heavy (non-hydrogen) atoms. The summed E-state index contributed by atoms with van der Waals surface area (Å²) in [7, 11) is -3.97. The maximum Gasteiger partial charge on any atom is 0.339 e. The number of imidazole rings is 1. The van der Waals surface area contributed by atoms with Crippen molar-refractivity contribution in [1.82, 2.24) is 14.3 Å². The quantitative estimate of drug-likeness (QED) is 0.597. The SMILES string of the molecule is CC(NS(=O)(=O)c1ccc(O)c(C(=O)O)c1)c1ccc(-n2ccnc2)cc1. The topological polar surface area (TPSA) is 122 Å². The number of nitrogens with zero attached hydrogens (tertiary/aromatic N) is 2. The molecule has 140 valence electrons. The van der Waals surface area contributed by atoms with Crippen molar-refractivity contribution in [3.8, 4) is 11.4 Å². The highest BCUT2D eigenvalue weighted by atomic mass is 32.2. The Balaban J connectivity index is 1.81. The van der Waals surface area contributed by atoms with Crippen LogP contribution in [0.15, 0.2) is 66.1 Å². The second-order valence-corrected chi connectivity index (χ2v) is 7.60. The third-order valence-corrected chi connectivity index (χ3v) is 5.57. The van der Waals surface area contributed by atoms with Gasteiger partial charge in [0.1, 0.15) is 11.3 Å². The van der Waals surface area contributed by atoms with Crippen LogP contribution in [-0.4, -0.2) is 34.2 Å². The van der Waals surface area contributed by atoms with Crippen LogP contribution < -0.4 is 4.72 Å². The van der Waals surface area contributed by atoms with Gasteiger partial charge >= 0.3 is 5.97 Å². The van der Waals surface area contributed by atoms with Crippen molar-refractivity contribution in [3.05, 3.63) is 72.3 Å². The fourth-order valence-electron chi connectivity index (χ4n) is 2.57. The number of carboxylic acids is 1. The van der Waals surface area contributed by atoms with Crippen molar-refractivity contribution < 1.29 is 23.4 Å². The van der Waals surface area contributed by atoms with E-state index in [1.807, 2.05) is 16.7 Å². The second kappa shape index (κ2) is 7.22. The van der Waals surface area contributed by atoms with Gasteiger partial charge in [0.05, 0.1) is 11.2 Å². The van der Waals surface area contributed by atoms with Crippen LogP contribution in [0.5, 0.6) is 5.75 Å². The van der Waals surface area contributed by atoms with Crippen molar-refractivity contribution in [2.45, 2.75) is 17.9 Å². The van der Waals surface area contributed by atoms with Crippen molar-refractivity contribution in [3.63, 3.8) is 0 Å². The summed E-state index contributed by atoms with van der Waals surface area (Å²) in [5, 5.41) is 18.6. The highest BCUT2D eigenvalue weighted by molar-refractivity contribution is 7.89. The normalized spacial score (nSPS) is 12.6. The van der Waals surface area contributed by atoms with Crippen LogP contribution in [-0.2, 0) is 10.0 Å². The van der Waals surface area contributed by atoms with Crippen LogP contribution in [0.3, 0.4) is 0 Å². The number of aromatic carboxylic acids is 1. The minimum absolute atomic E-state index is 0.236. The molecule has 3 aromatic rings. The average molecular weight is 387 g/mol. The first-order chi connectivity index (χ1) is 12.8. The number of hydrogen-bond donors (Lipinski definition) is 3. The van der Waals surface area contributed by atoms with Gasteiger partial charge in [-0.2, -0.15) is 0 Å². The Morgan fingerprint density at radius 1 is 1.19 bits per heavy atom. The lowest BCUT2D eigenvalue weighted by Gasteiger charge is -2.16. The number of carbonyl (C=O) groups is 1. The van der Waals surface area contributed by atoms with Gasteiger partial charge in [-0.3, -0.25) is 0 Å². The summed E-state index contributed by atoms with van der Waals surface area (Å²) in [6.45, 7) is 1.68. The number of nitrogens with one attached hydrogen (secondary N) is 1. The molecule has 1 unspecified atom stereocenters. The van der Waals surface area contributed by atoms with Crippen molar-refractivity contribution >= 4 is 16.0 Å². The molecule has 3 rings (SSSR count). The van der Waals surface area contributed by atoms with E-state index < -0.39 is 33.3 Å². The zero-order chi connectivity index (χ0) is 19.6. The molecule has 3 N–H and O–H groups in total. The molecule has 1 aromatic heterocycles. The van der Waals surface area contributed by atoms with Crippen LogP contribution in [0.25, 0.3) is 5.69 Å². The molecule has 8 nitrogen and oxygen atoms in total. The molecule has 0 fully saturated rings. The van der Waals surface area contributed by atoms with E-state index >= 15 is 0 Å². The third kappa shape index (κ3) is 3.99. The molecule has 0 aliphatic rings. The summed E-state index contributed by atoms with van der Waals surface area (Å²) in [6, 6.07) is 9.84. The molecule has 9 heteroatoms. The fraction of sp³-hybridized carbons (Fsp3) is 0.111. The predicted molar refractivity (Wildman–Crippen MR) is 97.4 cm³/mol. The first-order valence-corrected chi connectivity index (χ1v) is 9.43. The number of sulfonamides is 1. The Hall–Kier alpha value is -3.17. The monoisotopic (exact) mass is 387 g/mol. The Morgan fingerprint density at radius 2 is 1.89 bits per heavy atom. The Kier molecular flexibility index (Phi) is 4.98. The lowest BCUT2D eigenvalue weighted by Crippen LogP contribution is -2.27. The first-order valence-electron chi connectivity index (χ1n) is 7.95. The largest absolute Gasteiger partial charge is 0.507 e. The molecule has 0 aliphatic heterocycles. The summed E-state index contributed by atoms with van der Waals surface area (Å²) in [4.78, 5) is 14.8. The molecule has 0 saturated carbocycles. The number of hydrogen-bond acceptors (Lipinski definition) is 5. The van der Waals surface area contributed by atoms with Gasteiger partial charge in [-0.25, -0.2) is 22.9 Å². The smallest absolute Gasteiger partial charge is 0.339 e. The minimum atomic E-state index is -3.97. The van der Waals surface area contributed by atoms with Gasteiger partial charge in [0, 0.05) is 24.1 Å². The molecule has 0 spiro atoms. The lowest BCUT2D eigenvalue weighted by atomic mass is 10.1. The Morgan fingerprint density at radius 3 is 2.48 bits per heavy atom. The van der Waals surface area contributed by atoms with Gasteiger partial charge in [-0.1, -0.05) is 12.1 Å². The van der Waals surface area contributed by atoms with Gasteiger partial charge in [0.25, 0.3) is 0 Å². The standard InChI is InChI=1S/C18H17N3O5S/c1-12(13-2-4-14(5-3-13)21-9-8-19-11-21)20-27(25,26)15-6-7-17(22)16(10-15)18(23)24/h2-12,20,22H,1H3,(H,23,24). The Bertz CT molecular complexity index is 1060. The van der Waals surface area contributed by atoms with Crippen LogP contribution in [0.4, 0.5) is 0 Å². The van der Waals surface area contributed by atoms with E-state index in [4.69, 9.17) is 5.11 Å². The van der Waals surface area contributed by atoms with Crippen molar-refractivity contribution in [1.29, 1.82) is 0 Å². The van der Waals surface area contributed by atoms with Gasteiger partial charge in [0.15, 0.2) is 0 Å². The number of phenols is 1. The third-order valence-electron chi connectivity index (χ3n) is 4.04. The minimum Gasteiger partial charge on any atom is -0.507 e. The molecule has 1 atom stereocenters. The molecule has 0 radical (unpaired) electrons. The van der Waals surface area contributed by atoms with Gasteiger partial charge < -0.3 is 14.8 Å². The highest BCUT2D eigenvalue weighted by Crippen LogP contribution is 2.23. The number of aromatic nitrogens is 2. The van der Waals surface area contributed by atoms with E-state index in [0.717, 1.165) is 29.4 Å². The van der Waals surface area contributed by atoms with Gasteiger partial charge in [-0.05, 0) is 42.8 Å². The maximum absolute atomic E-state index is 12.6. The summed E-state index contributed by atoms with van der Waals surface area (Å²) in [5.41, 5.74) is 1.14.